The maximum atomic E-state index is 3.47. The molecule has 16 heavy (non-hydrogen) atoms. The van der Waals surface area contributed by atoms with Crippen molar-refractivity contribution in [1.29, 1.82) is 0 Å². The molecule has 1 N–H and O–H groups in total. The Morgan fingerprint density at radius 3 is 2.38 bits per heavy atom. The van der Waals surface area contributed by atoms with Gasteiger partial charge < -0.3 is 10.2 Å². The number of likely N-dealkylation sites (N-methyl/N-ethyl adjacent to an activating group) is 1. The van der Waals surface area contributed by atoms with Crippen molar-refractivity contribution in [3.63, 3.8) is 0 Å². The zero-order valence-corrected chi connectivity index (χ0v) is 9.95. The van der Waals surface area contributed by atoms with Crippen LogP contribution in [0.5, 0.6) is 0 Å². The zero-order valence-electron chi connectivity index (χ0n) is 9.95. The number of hydrogen-bond acceptors (Lipinski definition) is 2. The molecule has 2 saturated heterocycles. The average Bonchev–Trinajstić information content (AvgIpc) is 2.78. The van der Waals surface area contributed by atoms with E-state index in [0.29, 0.717) is 0 Å². The van der Waals surface area contributed by atoms with E-state index >= 15 is 0 Å². The molecule has 0 aromatic heterocycles. The molecule has 1 unspecified atom stereocenters. The lowest BCUT2D eigenvalue weighted by Crippen LogP contribution is -2.42. The second-order valence-corrected chi connectivity index (χ2v) is 5.24. The number of nitrogens with one attached hydrogen (secondary N) is 1. The van der Waals surface area contributed by atoms with Gasteiger partial charge in [0.1, 0.15) is 0 Å². The summed E-state index contributed by atoms with van der Waals surface area (Å²) in [7, 11) is 2.20. The number of nitrogens with zero attached hydrogens (tertiary/aromatic N) is 1. The number of rotatable bonds is 2. The van der Waals surface area contributed by atoms with Crippen molar-refractivity contribution >= 4 is 0 Å². The second kappa shape index (κ2) is 4.19. The van der Waals surface area contributed by atoms with Crippen LogP contribution in [0, 0.1) is 0 Å². The van der Waals surface area contributed by atoms with Gasteiger partial charge in [0.25, 0.3) is 0 Å². The molecule has 3 rings (SSSR count). The Labute approximate surface area is 97.6 Å². The normalized spacial score (nSPS) is 26.9. The Morgan fingerprint density at radius 1 is 1.12 bits per heavy atom. The largest absolute Gasteiger partial charge is 0.316 e. The van der Waals surface area contributed by atoms with Gasteiger partial charge in [-0.3, -0.25) is 0 Å². The Morgan fingerprint density at radius 2 is 1.81 bits per heavy atom. The topological polar surface area (TPSA) is 15.3 Å². The molecule has 1 aromatic carbocycles. The van der Waals surface area contributed by atoms with Gasteiger partial charge in [-0.1, -0.05) is 24.3 Å². The van der Waals surface area contributed by atoms with E-state index in [1.807, 2.05) is 0 Å². The highest BCUT2D eigenvalue weighted by molar-refractivity contribution is 5.36. The van der Waals surface area contributed by atoms with E-state index in [1.165, 1.54) is 32.6 Å². The molecule has 2 aliphatic heterocycles. The van der Waals surface area contributed by atoms with E-state index in [1.54, 1.807) is 11.1 Å². The van der Waals surface area contributed by atoms with Gasteiger partial charge in [0.15, 0.2) is 0 Å². The van der Waals surface area contributed by atoms with Gasteiger partial charge in [0.2, 0.25) is 0 Å². The van der Waals surface area contributed by atoms with Crippen molar-refractivity contribution < 1.29 is 0 Å². The van der Waals surface area contributed by atoms with Gasteiger partial charge in [-0.2, -0.15) is 0 Å². The first-order valence-corrected chi connectivity index (χ1v) is 6.32. The summed E-state index contributed by atoms with van der Waals surface area (Å²) in [5.41, 5.74) is 3.21. The molecular weight excluding hydrogens is 196 g/mol. The fraction of sp³-hybridized carbons (Fsp3) is 0.571. The monoisotopic (exact) mass is 216 g/mol. The van der Waals surface area contributed by atoms with Gasteiger partial charge in [-0.15, -0.1) is 0 Å². The molecule has 1 aromatic rings. The summed E-state index contributed by atoms with van der Waals surface area (Å²) in [6.07, 6.45) is 1.31. The standard InChI is InChI=1S/C14H20N2/c1-16-9-12(10-16)14-5-3-2-4-13(14)11-6-7-15-8-11/h2-5,11-12,15H,6-10H2,1H3. The summed E-state index contributed by atoms with van der Waals surface area (Å²) >= 11 is 0. The van der Waals surface area contributed by atoms with Crippen LogP contribution in [0.3, 0.4) is 0 Å². The Kier molecular flexibility index (Phi) is 2.70. The van der Waals surface area contributed by atoms with Crippen molar-refractivity contribution in [2.24, 2.45) is 0 Å². The van der Waals surface area contributed by atoms with Crippen molar-refractivity contribution in [3.8, 4) is 0 Å². The molecule has 0 radical (unpaired) electrons. The van der Waals surface area contributed by atoms with Gasteiger partial charge in [-0.25, -0.2) is 0 Å². The predicted octanol–water partition coefficient (Wildman–Crippen LogP) is 1.79. The Balaban J connectivity index is 1.85. The number of likely N-dealkylation sites (tertiary alicyclic amines) is 1. The highest BCUT2D eigenvalue weighted by atomic mass is 15.2. The molecule has 86 valence electrons. The summed E-state index contributed by atoms with van der Waals surface area (Å²) < 4.78 is 0. The van der Waals surface area contributed by atoms with E-state index in [2.05, 4.69) is 41.5 Å². The first-order valence-electron chi connectivity index (χ1n) is 6.32. The van der Waals surface area contributed by atoms with Crippen LogP contribution in [0.2, 0.25) is 0 Å². The maximum Gasteiger partial charge on any atom is 0.00962 e. The third kappa shape index (κ3) is 1.76. The molecule has 0 amide bonds. The third-order valence-electron chi connectivity index (χ3n) is 4.00. The maximum absolute atomic E-state index is 3.47. The fourth-order valence-electron chi connectivity index (χ4n) is 3.07. The lowest BCUT2D eigenvalue weighted by Gasteiger charge is -2.38. The zero-order chi connectivity index (χ0) is 11.0. The lowest BCUT2D eigenvalue weighted by atomic mass is 9.83. The molecule has 2 heteroatoms. The van der Waals surface area contributed by atoms with Crippen LogP contribution in [0.15, 0.2) is 24.3 Å². The van der Waals surface area contributed by atoms with Crippen LogP contribution >= 0.6 is 0 Å². The van der Waals surface area contributed by atoms with Crippen LogP contribution in [-0.2, 0) is 0 Å². The van der Waals surface area contributed by atoms with Crippen molar-refractivity contribution in [1.82, 2.24) is 10.2 Å². The summed E-state index contributed by atoms with van der Waals surface area (Å²) in [6.45, 7) is 4.82. The van der Waals surface area contributed by atoms with Crippen LogP contribution in [0.4, 0.5) is 0 Å². The minimum atomic E-state index is 0.752. The van der Waals surface area contributed by atoms with Gasteiger partial charge in [-0.05, 0) is 37.1 Å². The van der Waals surface area contributed by atoms with Crippen molar-refractivity contribution in [2.75, 3.05) is 33.2 Å². The quantitative estimate of drug-likeness (QED) is 0.811. The highest BCUT2D eigenvalue weighted by Gasteiger charge is 2.29. The molecular formula is C14H20N2. The van der Waals surface area contributed by atoms with E-state index < -0.39 is 0 Å². The Hall–Kier alpha value is -0.860. The molecule has 0 spiro atoms. The van der Waals surface area contributed by atoms with Crippen LogP contribution in [0.25, 0.3) is 0 Å². The van der Waals surface area contributed by atoms with E-state index in [-0.39, 0.29) is 0 Å². The van der Waals surface area contributed by atoms with Gasteiger partial charge in [0, 0.05) is 25.6 Å². The van der Waals surface area contributed by atoms with Crippen molar-refractivity contribution in [3.05, 3.63) is 35.4 Å². The minimum absolute atomic E-state index is 0.752. The molecule has 0 aliphatic carbocycles. The summed E-state index contributed by atoms with van der Waals surface area (Å²) in [5, 5.41) is 3.47. The van der Waals surface area contributed by atoms with Gasteiger partial charge >= 0.3 is 0 Å². The highest BCUT2D eigenvalue weighted by Crippen LogP contribution is 2.33. The first-order chi connectivity index (χ1) is 7.84. The molecule has 2 aliphatic rings. The molecule has 0 bridgehead atoms. The third-order valence-corrected chi connectivity index (χ3v) is 4.00. The molecule has 2 fully saturated rings. The smallest absolute Gasteiger partial charge is 0.00962 e. The Bertz CT molecular complexity index is 363. The predicted molar refractivity (Wildman–Crippen MR) is 66.9 cm³/mol. The van der Waals surface area contributed by atoms with Gasteiger partial charge in [0.05, 0.1) is 0 Å². The first kappa shape index (κ1) is 10.3. The summed E-state index contributed by atoms with van der Waals surface area (Å²) in [4.78, 5) is 2.40. The molecule has 0 saturated carbocycles. The van der Waals surface area contributed by atoms with Crippen molar-refractivity contribution in [2.45, 2.75) is 18.3 Å². The summed E-state index contributed by atoms with van der Waals surface area (Å²) in [6, 6.07) is 9.07. The molecule has 2 heterocycles. The summed E-state index contributed by atoms with van der Waals surface area (Å²) in [5.74, 6) is 1.53. The second-order valence-electron chi connectivity index (χ2n) is 5.24. The molecule has 1 atom stereocenters. The minimum Gasteiger partial charge on any atom is -0.316 e. The lowest BCUT2D eigenvalue weighted by molar-refractivity contribution is 0.189. The van der Waals surface area contributed by atoms with E-state index in [9.17, 15) is 0 Å². The number of benzene rings is 1. The van der Waals surface area contributed by atoms with Crippen LogP contribution in [-0.4, -0.2) is 38.1 Å². The average molecular weight is 216 g/mol. The fourth-order valence-corrected chi connectivity index (χ4v) is 3.07. The van der Waals surface area contributed by atoms with Crippen LogP contribution < -0.4 is 5.32 Å². The number of hydrogen-bond donors (Lipinski definition) is 1. The SMILES string of the molecule is CN1CC(c2ccccc2C2CCNC2)C1. The van der Waals surface area contributed by atoms with E-state index in [0.717, 1.165) is 11.8 Å². The van der Waals surface area contributed by atoms with Crippen LogP contribution in [0.1, 0.15) is 29.4 Å². The molecule has 2 nitrogen and oxygen atoms in total. The van der Waals surface area contributed by atoms with E-state index in [4.69, 9.17) is 0 Å².